The van der Waals surface area contributed by atoms with Gasteiger partial charge in [0.1, 0.15) is 0 Å². The van der Waals surface area contributed by atoms with Crippen LogP contribution in [0.1, 0.15) is 29.1 Å². The van der Waals surface area contributed by atoms with Crippen LogP contribution in [-0.4, -0.2) is 40.1 Å². The Morgan fingerprint density at radius 3 is 2.73 bits per heavy atom. The zero-order valence-electron chi connectivity index (χ0n) is 14.3. The number of likely N-dealkylation sites (tertiary alicyclic amines) is 1. The van der Waals surface area contributed by atoms with Crippen molar-refractivity contribution < 1.29 is 9.32 Å². The number of thiophene rings is 1. The number of nitrogens with zero attached hydrogens (tertiary/aromatic N) is 3. The van der Waals surface area contributed by atoms with Gasteiger partial charge in [-0.15, -0.1) is 11.3 Å². The van der Waals surface area contributed by atoms with E-state index in [0.717, 1.165) is 30.8 Å². The Bertz CT molecular complexity index is 840. The minimum absolute atomic E-state index is 0.00143. The number of hydrogen-bond acceptors (Lipinski definition) is 6. The van der Waals surface area contributed by atoms with Gasteiger partial charge in [-0.05, 0) is 36.4 Å². The van der Waals surface area contributed by atoms with Crippen LogP contribution < -0.4 is 5.32 Å². The number of benzene rings is 1. The van der Waals surface area contributed by atoms with Gasteiger partial charge in [0.05, 0.1) is 11.4 Å². The minimum Gasteiger partial charge on any atom is -0.349 e. The Hall–Kier alpha value is -2.51. The lowest BCUT2D eigenvalue weighted by atomic mass is 10.0. The Morgan fingerprint density at radius 2 is 2.00 bits per heavy atom. The molecule has 0 atom stereocenters. The molecule has 0 radical (unpaired) electrons. The first kappa shape index (κ1) is 16.9. The average Bonchev–Trinajstić information content (AvgIpc) is 3.36. The van der Waals surface area contributed by atoms with Crippen molar-refractivity contribution >= 4 is 17.2 Å². The normalized spacial score (nSPS) is 15.8. The summed E-state index contributed by atoms with van der Waals surface area (Å²) < 4.78 is 5.37. The standard InChI is InChI=1S/C19H20N4O2S/c24-19(14-5-2-1-3-6-14)20-15-8-10-23(11-9-15)13-17-21-18(22-25-17)16-7-4-12-26-16/h1-7,12,15H,8-11,13H2,(H,20,24). The van der Waals surface area contributed by atoms with Crippen LogP contribution in [0.5, 0.6) is 0 Å². The van der Waals surface area contributed by atoms with E-state index in [9.17, 15) is 4.79 Å². The van der Waals surface area contributed by atoms with Gasteiger partial charge in [-0.25, -0.2) is 0 Å². The van der Waals surface area contributed by atoms with Crippen LogP contribution in [0.25, 0.3) is 10.7 Å². The molecule has 6 nitrogen and oxygen atoms in total. The second kappa shape index (κ2) is 7.80. The monoisotopic (exact) mass is 368 g/mol. The lowest BCUT2D eigenvalue weighted by Crippen LogP contribution is -2.44. The molecule has 1 saturated heterocycles. The number of aromatic nitrogens is 2. The smallest absolute Gasteiger partial charge is 0.251 e. The molecule has 4 rings (SSSR count). The van der Waals surface area contributed by atoms with Crippen LogP contribution in [0.4, 0.5) is 0 Å². The third kappa shape index (κ3) is 4.00. The highest BCUT2D eigenvalue weighted by atomic mass is 32.1. The first-order valence-electron chi connectivity index (χ1n) is 8.72. The summed E-state index contributed by atoms with van der Waals surface area (Å²) in [6.07, 6.45) is 1.84. The summed E-state index contributed by atoms with van der Waals surface area (Å²) >= 11 is 1.60. The van der Waals surface area contributed by atoms with E-state index in [-0.39, 0.29) is 11.9 Å². The summed E-state index contributed by atoms with van der Waals surface area (Å²) in [6.45, 7) is 2.45. The van der Waals surface area contributed by atoms with Crippen molar-refractivity contribution in [1.29, 1.82) is 0 Å². The van der Waals surface area contributed by atoms with E-state index in [1.54, 1.807) is 11.3 Å². The Balaban J connectivity index is 1.27. The molecule has 0 saturated carbocycles. The van der Waals surface area contributed by atoms with Crippen LogP contribution >= 0.6 is 11.3 Å². The lowest BCUT2D eigenvalue weighted by Gasteiger charge is -2.31. The van der Waals surface area contributed by atoms with E-state index in [4.69, 9.17) is 4.52 Å². The van der Waals surface area contributed by atoms with Gasteiger partial charge in [-0.2, -0.15) is 4.98 Å². The van der Waals surface area contributed by atoms with Gasteiger partial charge >= 0.3 is 0 Å². The summed E-state index contributed by atoms with van der Waals surface area (Å²) in [6, 6.07) is 13.5. The number of piperidine rings is 1. The van der Waals surface area contributed by atoms with Gasteiger partial charge < -0.3 is 9.84 Å². The molecule has 0 bridgehead atoms. The number of amides is 1. The molecule has 7 heteroatoms. The number of carbonyl (C=O) groups is 1. The van der Waals surface area contributed by atoms with E-state index in [0.29, 0.717) is 23.8 Å². The maximum atomic E-state index is 12.2. The molecule has 134 valence electrons. The molecule has 0 spiro atoms. The van der Waals surface area contributed by atoms with Crippen LogP contribution in [0, 0.1) is 0 Å². The van der Waals surface area contributed by atoms with Crippen molar-refractivity contribution in [1.82, 2.24) is 20.4 Å². The van der Waals surface area contributed by atoms with Crippen molar-refractivity contribution in [2.75, 3.05) is 13.1 Å². The Morgan fingerprint density at radius 1 is 1.19 bits per heavy atom. The quantitative estimate of drug-likeness (QED) is 0.749. The van der Waals surface area contributed by atoms with Crippen molar-refractivity contribution in [2.24, 2.45) is 0 Å². The third-order valence-electron chi connectivity index (χ3n) is 4.53. The first-order chi connectivity index (χ1) is 12.8. The molecular weight excluding hydrogens is 348 g/mol. The van der Waals surface area contributed by atoms with E-state index in [2.05, 4.69) is 20.4 Å². The van der Waals surface area contributed by atoms with E-state index in [1.807, 2.05) is 47.8 Å². The summed E-state index contributed by atoms with van der Waals surface area (Å²) in [5.74, 6) is 1.29. The molecule has 1 fully saturated rings. The van der Waals surface area contributed by atoms with Crippen molar-refractivity contribution in [3.63, 3.8) is 0 Å². The van der Waals surface area contributed by atoms with Gasteiger partial charge in [0.25, 0.3) is 5.91 Å². The molecule has 1 aliphatic heterocycles. The number of carbonyl (C=O) groups excluding carboxylic acids is 1. The lowest BCUT2D eigenvalue weighted by molar-refractivity contribution is 0.0904. The molecule has 1 amide bonds. The molecule has 1 aliphatic rings. The molecule has 26 heavy (non-hydrogen) atoms. The molecule has 1 N–H and O–H groups in total. The SMILES string of the molecule is O=C(NC1CCN(Cc2nc(-c3cccs3)no2)CC1)c1ccccc1. The van der Waals surface area contributed by atoms with Crippen molar-refractivity contribution in [2.45, 2.75) is 25.4 Å². The Labute approximate surface area is 155 Å². The van der Waals surface area contributed by atoms with Crippen LogP contribution in [0.2, 0.25) is 0 Å². The van der Waals surface area contributed by atoms with Gasteiger partial charge in [0.15, 0.2) is 0 Å². The zero-order valence-corrected chi connectivity index (χ0v) is 15.1. The number of hydrogen-bond donors (Lipinski definition) is 1. The molecule has 0 unspecified atom stereocenters. The maximum Gasteiger partial charge on any atom is 0.251 e. The van der Waals surface area contributed by atoms with Gasteiger partial charge in [-0.1, -0.05) is 29.4 Å². The Kier molecular flexibility index (Phi) is 5.08. The van der Waals surface area contributed by atoms with Crippen LogP contribution in [0.3, 0.4) is 0 Å². The molecule has 3 aromatic rings. The van der Waals surface area contributed by atoms with Gasteiger partial charge in [0, 0.05) is 24.7 Å². The van der Waals surface area contributed by atoms with Crippen molar-refractivity contribution in [3.8, 4) is 10.7 Å². The highest BCUT2D eigenvalue weighted by Crippen LogP contribution is 2.22. The maximum absolute atomic E-state index is 12.2. The third-order valence-corrected chi connectivity index (χ3v) is 5.39. The largest absolute Gasteiger partial charge is 0.349 e. The zero-order chi connectivity index (χ0) is 17.8. The molecule has 3 heterocycles. The topological polar surface area (TPSA) is 71.3 Å². The van der Waals surface area contributed by atoms with Crippen LogP contribution in [0.15, 0.2) is 52.4 Å². The van der Waals surface area contributed by atoms with Crippen molar-refractivity contribution in [3.05, 3.63) is 59.3 Å². The summed E-state index contributed by atoms with van der Waals surface area (Å²) in [7, 11) is 0. The first-order valence-corrected chi connectivity index (χ1v) is 9.60. The highest BCUT2D eigenvalue weighted by molar-refractivity contribution is 7.13. The summed E-state index contributed by atoms with van der Waals surface area (Å²) in [5.41, 5.74) is 0.710. The second-order valence-corrected chi connectivity index (χ2v) is 7.33. The number of nitrogens with one attached hydrogen (secondary N) is 1. The van der Waals surface area contributed by atoms with Gasteiger partial charge in [0.2, 0.25) is 11.7 Å². The predicted octanol–water partition coefficient (Wildman–Crippen LogP) is 3.19. The molecule has 1 aromatic carbocycles. The number of rotatable bonds is 5. The fourth-order valence-corrected chi connectivity index (χ4v) is 3.76. The summed E-state index contributed by atoms with van der Waals surface area (Å²) in [5, 5.41) is 9.18. The molecule has 2 aromatic heterocycles. The predicted molar refractivity (Wildman–Crippen MR) is 99.8 cm³/mol. The average molecular weight is 368 g/mol. The van der Waals surface area contributed by atoms with E-state index in [1.165, 1.54) is 0 Å². The molecular formula is C19H20N4O2S. The highest BCUT2D eigenvalue weighted by Gasteiger charge is 2.22. The molecule has 0 aliphatic carbocycles. The fourth-order valence-electron chi connectivity index (χ4n) is 3.11. The van der Waals surface area contributed by atoms with Crippen LogP contribution in [-0.2, 0) is 6.54 Å². The fraction of sp³-hybridized carbons (Fsp3) is 0.316. The van der Waals surface area contributed by atoms with E-state index >= 15 is 0 Å². The minimum atomic E-state index is 0.00143. The van der Waals surface area contributed by atoms with E-state index < -0.39 is 0 Å². The summed E-state index contributed by atoms with van der Waals surface area (Å²) in [4.78, 5) is 20.0. The second-order valence-electron chi connectivity index (χ2n) is 6.38. The van der Waals surface area contributed by atoms with Gasteiger partial charge in [-0.3, -0.25) is 9.69 Å².